The van der Waals surface area contributed by atoms with E-state index in [0.29, 0.717) is 12.1 Å². The number of carbonyl (C=O) groups is 2. The first kappa shape index (κ1) is 10.7. The molecule has 5 heteroatoms. The molecule has 1 saturated heterocycles. The van der Waals surface area contributed by atoms with Gasteiger partial charge >= 0.3 is 11.9 Å². The molecule has 78 valence electrons. The quantitative estimate of drug-likeness (QED) is 0.478. The maximum Gasteiger partial charge on any atom is 0.324 e. The zero-order valence-electron chi connectivity index (χ0n) is 8.20. The van der Waals surface area contributed by atoms with E-state index in [4.69, 9.17) is 0 Å². The van der Waals surface area contributed by atoms with E-state index >= 15 is 0 Å². The second kappa shape index (κ2) is 4.23. The van der Waals surface area contributed by atoms with Crippen LogP contribution in [0.25, 0.3) is 0 Å². The third kappa shape index (κ3) is 1.77. The first-order valence-electron chi connectivity index (χ1n) is 4.18. The van der Waals surface area contributed by atoms with Crippen molar-refractivity contribution in [2.24, 2.45) is 5.92 Å². The fourth-order valence-electron chi connectivity index (χ4n) is 1.48. The molecule has 0 saturated carbocycles. The molecular formula is C9H13NO4. The van der Waals surface area contributed by atoms with Gasteiger partial charge in [0.2, 0.25) is 0 Å². The molecule has 5 nitrogen and oxygen atoms in total. The predicted octanol–water partition coefficient (Wildman–Crippen LogP) is -0.523. The van der Waals surface area contributed by atoms with Crippen LogP contribution in [0.2, 0.25) is 0 Å². The molecule has 14 heavy (non-hydrogen) atoms. The summed E-state index contributed by atoms with van der Waals surface area (Å²) in [6.07, 6.45) is 0. The lowest BCUT2D eigenvalue weighted by molar-refractivity contribution is -0.152. The molecule has 0 aromatic heterocycles. The van der Waals surface area contributed by atoms with Gasteiger partial charge in [-0.1, -0.05) is 6.58 Å². The minimum atomic E-state index is -0.667. The van der Waals surface area contributed by atoms with Crippen LogP contribution in [0.4, 0.5) is 0 Å². The summed E-state index contributed by atoms with van der Waals surface area (Å²) in [5, 5.41) is 2.85. The summed E-state index contributed by atoms with van der Waals surface area (Å²) in [4.78, 5) is 22.6. The Morgan fingerprint density at radius 3 is 2.43 bits per heavy atom. The van der Waals surface area contributed by atoms with Gasteiger partial charge in [-0.15, -0.1) is 0 Å². The van der Waals surface area contributed by atoms with E-state index in [2.05, 4.69) is 21.4 Å². The summed E-state index contributed by atoms with van der Waals surface area (Å²) in [5.41, 5.74) is 0.646. The standard InChI is InChI=1S/C9H13NO4/c1-5-4-10-7(9(12)14-3)6(5)8(11)13-2/h6-7,10H,1,4H2,2-3H3. The van der Waals surface area contributed by atoms with Crippen molar-refractivity contribution in [1.29, 1.82) is 0 Å². The number of methoxy groups -OCH3 is 2. The van der Waals surface area contributed by atoms with E-state index in [1.54, 1.807) is 0 Å². The zero-order valence-corrected chi connectivity index (χ0v) is 8.20. The molecule has 0 amide bonds. The van der Waals surface area contributed by atoms with Crippen molar-refractivity contribution in [3.05, 3.63) is 12.2 Å². The SMILES string of the molecule is C=C1CNC(C(=O)OC)C1C(=O)OC. The van der Waals surface area contributed by atoms with E-state index < -0.39 is 23.9 Å². The van der Waals surface area contributed by atoms with Crippen LogP contribution < -0.4 is 5.32 Å². The largest absolute Gasteiger partial charge is 0.468 e. The van der Waals surface area contributed by atoms with Gasteiger partial charge in [-0.25, -0.2) is 0 Å². The summed E-state index contributed by atoms with van der Waals surface area (Å²) in [5.74, 6) is -1.57. The molecule has 1 fully saturated rings. The highest BCUT2D eigenvalue weighted by Gasteiger charge is 2.41. The lowest BCUT2D eigenvalue weighted by Gasteiger charge is -2.15. The van der Waals surface area contributed by atoms with Crippen molar-refractivity contribution in [1.82, 2.24) is 5.32 Å². The van der Waals surface area contributed by atoms with Gasteiger partial charge in [0.1, 0.15) is 12.0 Å². The molecule has 0 aliphatic carbocycles. The highest BCUT2D eigenvalue weighted by Crippen LogP contribution is 2.22. The number of hydrogen-bond donors (Lipinski definition) is 1. The number of nitrogens with one attached hydrogen (secondary N) is 1. The van der Waals surface area contributed by atoms with Crippen LogP contribution in [0.5, 0.6) is 0 Å². The van der Waals surface area contributed by atoms with Gasteiger partial charge in [-0.05, 0) is 5.57 Å². The van der Waals surface area contributed by atoms with Crippen molar-refractivity contribution < 1.29 is 19.1 Å². The van der Waals surface area contributed by atoms with Crippen LogP contribution in [0.3, 0.4) is 0 Å². The Morgan fingerprint density at radius 2 is 1.93 bits per heavy atom. The minimum Gasteiger partial charge on any atom is -0.468 e. The van der Waals surface area contributed by atoms with Gasteiger partial charge < -0.3 is 9.47 Å². The molecule has 0 bridgehead atoms. The van der Waals surface area contributed by atoms with Crippen LogP contribution in [0, 0.1) is 5.92 Å². The van der Waals surface area contributed by atoms with Crippen LogP contribution >= 0.6 is 0 Å². The Labute approximate surface area is 82.1 Å². The zero-order chi connectivity index (χ0) is 10.7. The van der Waals surface area contributed by atoms with E-state index in [1.165, 1.54) is 14.2 Å². The summed E-state index contributed by atoms with van der Waals surface area (Å²) in [7, 11) is 2.56. The van der Waals surface area contributed by atoms with Crippen LogP contribution in [0.1, 0.15) is 0 Å². The molecule has 0 aromatic rings. The summed E-state index contributed by atoms with van der Waals surface area (Å²) in [6.45, 7) is 4.13. The number of carbonyl (C=O) groups excluding carboxylic acids is 2. The third-order valence-electron chi connectivity index (χ3n) is 2.23. The Hall–Kier alpha value is -1.36. The second-order valence-electron chi connectivity index (χ2n) is 3.04. The maximum atomic E-state index is 11.3. The number of hydrogen-bond acceptors (Lipinski definition) is 5. The summed E-state index contributed by atoms with van der Waals surface area (Å²) in [6, 6.07) is -0.667. The van der Waals surface area contributed by atoms with E-state index in [1.807, 2.05) is 0 Å². The van der Waals surface area contributed by atoms with Crippen LogP contribution in [-0.2, 0) is 19.1 Å². The van der Waals surface area contributed by atoms with Gasteiger partial charge in [-0.3, -0.25) is 14.9 Å². The number of rotatable bonds is 2. The molecule has 1 aliphatic rings. The van der Waals surface area contributed by atoms with Crippen molar-refractivity contribution in [2.45, 2.75) is 6.04 Å². The number of ether oxygens (including phenoxy) is 2. The molecule has 1 N–H and O–H groups in total. The minimum absolute atomic E-state index is 0.430. The molecule has 1 rings (SSSR count). The number of esters is 2. The predicted molar refractivity (Wildman–Crippen MR) is 48.5 cm³/mol. The molecular weight excluding hydrogens is 186 g/mol. The third-order valence-corrected chi connectivity index (χ3v) is 2.23. The highest BCUT2D eigenvalue weighted by atomic mass is 16.5. The molecule has 2 atom stereocenters. The normalized spacial score (nSPS) is 26.0. The summed E-state index contributed by atoms with van der Waals surface area (Å²) >= 11 is 0. The Kier molecular flexibility index (Phi) is 3.24. The lowest BCUT2D eigenvalue weighted by atomic mass is 9.97. The fourth-order valence-corrected chi connectivity index (χ4v) is 1.48. The lowest BCUT2D eigenvalue weighted by Crippen LogP contribution is -2.40. The fraction of sp³-hybridized carbons (Fsp3) is 0.556. The molecule has 2 unspecified atom stereocenters. The molecule has 0 aromatic carbocycles. The Bertz CT molecular complexity index is 274. The van der Waals surface area contributed by atoms with Crippen molar-refractivity contribution in [3.63, 3.8) is 0 Å². The van der Waals surface area contributed by atoms with Gasteiger partial charge in [0.25, 0.3) is 0 Å². The van der Waals surface area contributed by atoms with Gasteiger partial charge in [0, 0.05) is 6.54 Å². The van der Waals surface area contributed by atoms with Crippen molar-refractivity contribution >= 4 is 11.9 Å². The molecule has 1 heterocycles. The Morgan fingerprint density at radius 1 is 1.36 bits per heavy atom. The smallest absolute Gasteiger partial charge is 0.324 e. The van der Waals surface area contributed by atoms with E-state index in [0.717, 1.165) is 0 Å². The van der Waals surface area contributed by atoms with Gasteiger partial charge in [0.05, 0.1) is 14.2 Å². The van der Waals surface area contributed by atoms with Crippen LogP contribution in [0.15, 0.2) is 12.2 Å². The van der Waals surface area contributed by atoms with E-state index in [9.17, 15) is 9.59 Å². The van der Waals surface area contributed by atoms with Gasteiger partial charge in [0.15, 0.2) is 0 Å². The van der Waals surface area contributed by atoms with Gasteiger partial charge in [-0.2, -0.15) is 0 Å². The van der Waals surface area contributed by atoms with Crippen LogP contribution in [-0.4, -0.2) is 38.7 Å². The molecule has 1 aliphatic heterocycles. The average molecular weight is 199 g/mol. The maximum absolute atomic E-state index is 11.3. The Balaban J connectivity index is 2.81. The topological polar surface area (TPSA) is 64.6 Å². The highest BCUT2D eigenvalue weighted by molar-refractivity contribution is 5.87. The van der Waals surface area contributed by atoms with Crippen molar-refractivity contribution in [3.8, 4) is 0 Å². The van der Waals surface area contributed by atoms with Crippen molar-refractivity contribution in [2.75, 3.05) is 20.8 Å². The van der Waals surface area contributed by atoms with E-state index in [-0.39, 0.29) is 0 Å². The monoisotopic (exact) mass is 199 g/mol. The summed E-state index contributed by atoms with van der Waals surface area (Å²) < 4.78 is 9.14. The average Bonchev–Trinajstić information content (AvgIpc) is 2.58. The second-order valence-corrected chi connectivity index (χ2v) is 3.04. The first-order chi connectivity index (χ1) is 6.61. The molecule has 0 radical (unpaired) electrons. The molecule has 0 spiro atoms. The first-order valence-corrected chi connectivity index (χ1v) is 4.18.